The van der Waals surface area contributed by atoms with E-state index in [1.807, 2.05) is 11.2 Å². The van der Waals surface area contributed by atoms with E-state index in [1.54, 1.807) is 7.11 Å². The molecule has 2 fully saturated rings. The minimum atomic E-state index is -0.0298. The number of rotatable bonds is 3. The summed E-state index contributed by atoms with van der Waals surface area (Å²) in [5.74, 6) is 0.360. The van der Waals surface area contributed by atoms with Crippen LogP contribution < -0.4 is 0 Å². The Kier molecular flexibility index (Phi) is 3.28. The molecular weight excluding hydrogens is 204 g/mol. The maximum atomic E-state index is 11.3. The topological polar surface area (TPSA) is 41.9 Å². The molecule has 0 aromatic carbocycles. The summed E-state index contributed by atoms with van der Waals surface area (Å²) >= 11 is 0. The average molecular weight is 224 g/mol. The Morgan fingerprint density at radius 1 is 1.62 bits per heavy atom. The number of hydrogen-bond acceptors (Lipinski definition) is 4. The van der Waals surface area contributed by atoms with Crippen molar-refractivity contribution >= 4 is 12.0 Å². The normalized spacial score (nSPS) is 35.5. The maximum Gasteiger partial charge on any atom is 0.145 e. The van der Waals surface area contributed by atoms with Crippen LogP contribution in [0.4, 0.5) is 0 Å². The highest BCUT2D eigenvalue weighted by Crippen LogP contribution is 2.33. The lowest BCUT2D eigenvalue weighted by molar-refractivity contribution is -0.117. The van der Waals surface area contributed by atoms with E-state index in [1.165, 1.54) is 0 Å². The molecule has 1 saturated carbocycles. The lowest BCUT2D eigenvalue weighted by Gasteiger charge is -2.22. The zero-order valence-corrected chi connectivity index (χ0v) is 10.1. The molecule has 1 aliphatic carbocycles. The molecule has 2 rings (SSSR count). The van der Waals surface area contributed by atoms with Crippen LogP contribution in [0.3, 0.4) is 0 Å². The molecule has 0 aromatic rings. The summed E-state index contributed by atoms with van der Waals surface area (Å²) in [5.41, 5.74) is -0.0298. The van der Waals surface area contributed by atoms with Gasteiger partial charge in [0.05, 0.1) is 0 Å². The van der Waals surface area contributed by atoms with E-state index in [0.717, 1.165) is 25.8 Å². The van der Waals surface area contributed by atoms with Crippen LogP contribution >= 0.6 is 0 Å². The van der Waals surface area contributed by atoms with E-state index >= 15 is 0 Å². The molecule has 0 radical (unpaired) electrons. The smallest absolute Gasteiger partial charge is 0.145 e. The van der Waals surface area contributed by atoms with Gasteiger partial charge in [-0.3, -0.25) is 9.80 Å². The molecule has 90 valence electrons. The largest absolute Gasteiger partial charge is 0.360 e. The first kappa shape index (κ1) is 11.6. The van der Waals surface area contributed by atoms with E-state index in [9.17, 15) is 4.79 Å². The summed E-state index contributed by atoms with van der Waals surface area (Å²) < 4.78 is 5.34. The van der Waals surface area contributed by atoms with E-state index in [-0.39, 0.29) is 11.6 Å². The molecule has 4 nitrogen and oxygen atoms in total. The van der Waals surface area contributed by atoms with Crippen molar-refractivity contribution in [2.45, 2.75) is 45.3 Å². The summed E-state index contributed by atoms with van der Waals surface area (Å²) in [4.78, 5) is 11.3. The quantitative estimate of drug-likeness (QED) is 0.686. The second-order valence-corrected chi connectivity index (χ2v) is 5.11. The van der Waals surface area contributed by atoms with E-state index in [0.29, 0.717) is 18.6 Å². The van der Waals surface area contributed by atoms with Gasteiger partial charge in [0.1, 0.15) is 12.0 Å². The maximum absolute atomic E-state index is 11.3. The van der Waals surface area contributed by atoms with Crippen LogP contribution in [0, 0.1) is 5.41 Å². The van der Waals surface area contributed by atoms with Gasteiger partial charge in [-0.05, 0) is 19.3 Å². The monoisotopic (exact) mass is 224 g/mol. The molecule has 0 amide bonds. The van der Waals surface area contributed by atoms with Crippen molar-refractivity contribution in [3.8, 4) is 0 Å². The number of methoxy groups -OCH3 is 1. The Bertz CT molecular complexity index is 303. The molecule has 4 heteroatoms. The fraction of sp³-hybridized carbons (Fsp3) is 0.833. The molecule has 1 heterocycles. The first-order valence-electron chi connectivity index (χ1n) is 5.99. The zero-order valence-electron chi connectivity index (χ0n) is 10.1. The molecule has 2 aliphatic rings. The van der Waals surface area contributed by atoms with Gasteiger partial charge in [0.15, 0.2) is 0 Å². The molecule has 0 N–H and O–H groups in total. The highest BCUT2D eigenvalue weighted by atomic mass is 16.5. The van der Waals surface area contributed by atoms with Crippen LogP contribution in [0.2, 0.25) is 0 Å². The Labute approximate surface area is 96.6 Å². The van der Waals surface area contributed by atoms with Gasteiger partial charge in [0.2, 0.25) is 0 Å². The molecule has 16 heavy (non-hydrogen) atoms. The van der Waals surface area contributed by atoms with Crippen LogP contribution in [0.1, 0.15) is 39.0 Å². The Balaban J connectivity index is 1.95. The van der Waals surface area contributed by atoms with Crippen LogP contribution in [0.25, 0.3) is 0 Å². The number of hydrogen-bond donors (Lipinski definition) is 0. The van der Waals surface area contributed by atoms with Gasteiger partial charge in [0, 0.05) is 38.1 Å². The third-order valence-electron chi connectivity index (χ3n) is 3.54. The Morgan fingerprint density at radius 3 is 3.06 bits per heavy atom. The number of hydrazone groups is 1. The first-order chi connectivity index (χ1) is 7.63. The van der Waals surface area contributed by atoms with Gasteiger partial charge in [-0.15, -0.1) is 0 Å². The van der Waals surface area contributed by atoms with Crippen molar-refractivity contribution in [2.24, 2.45) is 10.5 Å². The second-order valence-electron chi connectivity index (χ2n) is 5.11. The van der Waals surface area contributed by atoms with Gasteiger partial charge in [0.25, 0.3) is 0 Å². The van der Waals surface area contributed by atoms with Gasteiger partial charge >= 0.3 is 0 Å². The third kappa shape index (κ3) is 2.43. The summed E-state index contributed by atoms with van der Waals surface area (Å²) in [7, 11) is 1.72. The highest BCUT2D eigenvalue weighted by Gasteiger charge is 2.33. The van der Waals surface area contributed by atoms with Gasteiger partial charge in [-0.25, -0.2) is 0 Å². The van der Waals surface area contributed by atoms with Crippen molar-refractivity contribution in [1.82, 2.24) is 5.01 Å². The van der Waals surface area contributed by atoms with Crippen LogP contribution in [0.15, 0.2) is 5.10 Å². The molecule has 0 bridgehead atoms. The fourth-order valence-corrected chi connectivity index (χ4v) is 2.47. The van der Waals surface area contributed by atoms with E-state index in [4.69, 9.17) is 4.74 Å². The lowest BCUT2D eigenvalue weighted by Crippen LogP contribution is -2.27. The summed E-state index contributed by atoms with van der Waals surface area (Å²) in [6.07, 6.45) is 6.53. The molecule has 0 spiro atoms. The Hall–Kier alpha value is -0.900. The zero-order chi connectivity index (χ0) is 11.6. The Morgan fingerprint density at radius 2 is 2.44 bits per heavy atom. The molecule has 0 aromatic heterocycles. The minimum absolute atomic E-state index is 0.0298. The van der Waals surface area contributed by atoms with Crippen LogP contribution in [-0.4, -0.2) is 36.9 Å². The predicted octanol–water partition coefficient (Wildman–Crippen LogP) is 1.80. The highest BCUT2D eigenvalue weighted by molar-refractivity contribution is 5.87. The average Bonchev–Trinajstić information content (AvgIpc) is 2.83. The number of carbonyl (C=O) groups excluding carboxylic acids is 1. The van der Waals surface area contributed by atoms with Crippen molar-refractivity contribution in [3.63, 3.8) is 0 Å². The fourth-order valence-electron chi connectivity index (χ4n) is 2.47. The van der Waals surface area contributed by atoms with Crippen molar-refractivity contribution in [2.75, 3.05) is 13.7 Å². The van der Waals surface area contributed by atoms with Crippen LogP contribution in [0.5, 0.6) is 0 Å². The molecule has 2 atom stereocenters. The summed E-state index contributed by atoms with van der Waals surface area (Å²) in [6, 6.07) is 0. The number of nitrogens with zero attached hydrogens (tertiary/aromatic N) is 2. The SMILES string of the molecule is CO[C@@H]1CCCN1N=C[C@]1(C)CCC(=O)C1. The van der Waals surface area contributed by atoms with Crippen LogP contribution in [-0.2, 0) is 9.53 Å². The van der Waals surface area contributed by atoms with Gasteiger partial charge < -0.3 is 4.74 Å². The molecule has 0 unspecified atom stereocenters. The molecule has 1 aliphatic heterocycles. The third-order valence-corrected chi connectivity index (χ3v) is 3.54. The van der Waals surface area contributed by atoms with Crippen molar-refractivity contribution in [3.05, 3.63) is 0 Å². The van der Waals surface area contributed by atoms with Crippen molar-refractivity contribution in [1.29, 1.82) is 0 Å². The number of Topliss-reactive ketones (excluding diaryl/α,β-unsaturated/α-hetero) is 1. The van der Waals surface area contributed by atoms with Gasteiger partial charge in [-0.2, -0.15) is 5.10 Å². The van der Waals surface area contributed by atoms with E-state index in [2.05, 4.69) is 12.0 Å². The summed E-state index contributed by atoms with van der Waals surface area (Å²) in [6.45, 7) is 3.07. The van der Waals surface area contributed by atoms with Gasteiger partial charge in [-0.1, -0.05) is 6.92 Å². The number of ketones is 1. The van der Waals surface area contributed by atoms with E-state index < -0.39 is 0 Å². The lowest BCUT2D eigenvalue weighted by atomic mass is 9.91. The second kappa shape index (κ2) is 4.53. The minimum Gasteiger partial charge on any atom is -0.360 e. The number of ether oxygens (including phenoxy) is 1. The first-order valence-corrected chi connectivity index (χ1v) is 5.99. The number of carbonyl (C=O) groups is 1. The van der Waals surface area contributed by atoms with Crippen molar-refractivity contribution < 1.29 is 9.53 Å². The molecule has 1 saturated heterocycles. The summed E-state index contributed by atoms with van der Waals surface area (Å²) in [5, 5.41) is 6.49. The standard InChI is InChI=1S/C12H20N2O2/c1-12(6-5-10(15)8-12)9-13-14-7-3-4-11(14)16-2/h9,11H,3-8H2,1-2H3/t11-,12-/m1/s1. The molecular formula is C12H20N2O2. The predicted molar refractivity (Wildman–Crippen MR) is 62.2 cm³/mol.